The van der Waals surface area contributed by atoms with Gasteiger partial charge in [-0.05, 0) is 57.8 Å². The summed E-state index contributed by atoms with van der Waals surface area (Å²) in [7, 11) is 1.39. The summed E-state index contributed by atoms with van der Waals surface area (Å²) in [5, 5.41) is 34.5. The number of aliphatic hydroxyl groups excluding tert-OH is 3. The van der Waals surface area contributed by atoms with Crippen molar-refractivity contribution >= 4 is 13.7 Å². The number of rotatable bonds is 38. The Morgan fingerprint density at radius 1 is 0.673 bits per heavy atom. The number of aliphatic hydroxyl groups is 3. The molecule has 0 aliphatic carbocycles. The number of phosphoric ester groups is 1. The van der Waals surface area contributed by atoms with Crippen LogP contribution in [0.5, 0.6) is 0 Å². The molecule has 1 amide bonds. The molecule has 0 spiro atoms. The normalized spacial score (nSPS) is 16.0. The van der Waals surface area contributed by atoms with Crippen molar-refractivity contribution < 1.29 is 43.1 Å². The average Bonchev–Trinajstić information content (AvgIpc) is 3.13. The summed E-state index contributed by atoms with van der Waals surface area (Å²) in [6.45, 7) is 4.52. The van der Waals surface area contributed by atoms with Crippen LogP contribution in [0.15, 0.2) is 48.6 Å². The number of carbonyl (C=O) groups is 1. The van der Waals surface area contributed by atoms with Crippen molar-refractivity contribution in [1.29, 1.82) is 0 Å². The first-order chi connectivity index (χ1) is 26.3. The lowest BCUT2D eigenvalue weighted by molar-refractivity contribution is -0.870. The van der Waals surface area contributed by atoms with Crippen LogP contribution in [0.2, 0.25) is 0 Å². The first kappa shape index (κ1) is 53.4. The summed E-state index contributed by atoms with van der Waals surface area (Å²) in [6.07, 6.45) is 36.2. The molecule has 322 valence electrons. The molecule has 3 unspecified atom stereocenters. The van der Waals surface area contributed by atoms with Crippen molar-refractivity contribution in [3.05, 3.63) is 48.6 Å². The van der Waals surface area contributed by atoms with E-state index in [0.717, 1.165) is 38.5 Å². The molecule has 0 aliphatic heterocycles. The minimum Gasteiger partial charge on any atom is -0.390 e. The van der Waals surface area contributed by atoms with Crippen molar-refractivity contribution in [2.45, 2.75) is 186 Å². The largest absolute Gasteiger partial charge is 0.472 e. The summed E-state index contributed by atoms with van der Waals surface area (Å²) >= 11 is 0. The first-order valence-corrected chi connectivity index (χ1v) is 23.2. The molecule has 0 aromatic heterocycles. The zero-order chi connectivity index (χ0) is 41.0. The highest BCUT2D eigenvalue weighted by molar-refractivity contribution is 7.47. The number of carbonyl (C=O) groups excluding carboxylic acids is 1. The lowest BCUT2D eigenvalue weighted by Crippen LogP contribution is -2.45. The second-order valence-electron chi connectivity index (χ2n) is 16.0. The van der Waals surface area contributed by atoms with E-state index in [9.17, 15) is 29.6 Å². The van der Waals surface area contributed by atoms with E-state index in [1.165, 1.54) is 83.5 Å². The SMILES string of the molecule is CCCCC/C=C\C/C=C\C/C=C\CC(O)C(O)CCCC(=O)N[C@@H](COP(=O)(O)OCC[N+](C)(C)C)[C@H](O)/C=C/CCCCCCCCCCCCCC. The van der Waals surface area contributed by atoms with Gasteiger partial charge in [-0.1, -0.05) is 146 Å². The Labute approximate surface area is 336 Å². The van der Waals surface area contributed by atoms with E-state index >= 15 is 0 Å². The Morgan fingerprint density at radius 2 is 1.18 bits per heavy atom. The van der Waals surface area contributed by atoms with E-state index < -0.39 is 44.7 Å². The molecule has 0 aromatic carbocycles. The van der Waals surface area contributed by atoms with Gasteiger partial charge in [0.1, 0.15) is 13.2 Å². The second kappa shape index (κ2) is 35.5. The molecule has 5 N–H and O–H groups in total. The van der Waals surface area contributed by atoms with Crippen LogP contribution in [0.25, 0.3) is 0 Å². The van der Waals surface area contributed by atoms with Gasteiger partial charge in [0.25, 0.3) is 0 Å². The summed E-state index contributed by atoms with van der Waals surface area (Å²) < 4.78 is 23.4. The zero-order valence-corrected chi connectivity index (χ0v) is 36.5. The highest BCUT2D eigenvalue weighted by atomic mass is 31.2. The molecule has 0 saturated carbocycles. The topological polar surface area (TPSA) is 146 Å². The average molecular weight is 800 g/mol. The molecule has 0 fully saturated rings. The molecule has 0 heterocycles. The van der Waals surface area contributed by atoms with Gasteiger partial charge in [-0.15, -0.1) is 0 Å². The van der Waals surface area contributed by atoms with Crippen molar-refractivity contribution in [2.24, 2.45) is 0 Å². The fourth-order valence-electron chi connectivity index (χ4n) is 5.85. The maximum atomic E-state index is 12.9. The monoisotopic (exact) mass is 800 g/mol. The number of allylic oxidation sites excluding steroid dienone is 6. The number of unbranched alkanes of at least 4 members (excludes halogenated alkanes) is 15. The molecule has 0 rings (SSSR count). The lowest BCUT2D eigenvalue weighted by Gasteiger charge is -2.25. The summed E-state index contributed by atoms with van der Waals surface area (Å²) in [6, 6.07) is -0.982. The summed E-state index contributed by atoms with van der Waals surface area (Å²) in [5.41, 5.74) is 0. The third-order valence-corrected chi connectivity index (χ3v) is 10.5. The van der Waals surface area contributed by atoms with Crippen molar-refractivity contribution in [1.82, 2.24) is 5.32 Å². The van der Waals surface area contributed by atoms with Crippen molar-refractivity contribution in [2.75, 3.05) is 40.9 Å². The van der Waals surface area contributed by atoms with Crippen molar-refractivity contribution in [3.8, 4) is 0 Å². The molecular formula is C44H84N2O8P+. The van der Waals surface area contributed by atoms with E-state index in [4.69, 9.17) is 9.05 Å². The fourth-order valence-corrected chi connectivity index (χ4v) is 6.58. The second-order valence-corrected chi connectivity index (χ2v) is 17.5. The number of nitrogens with one attached hydrogen (secondary N) is 1. The van der Waals surface area contributed by atoms with Crippen LogP contribution < -0.4 is 5.32 Å². The molecule has 0 saturated heterocycles. The Morgan fingerprint density at radius 3 is 1.78 bits per heavy atom. The number of nitrogens with zero attached hydrogens (tertiary/aromatic N) is 1. The molecule has 11 heteroatoms. The first-order valence-electron chi connectivity index (χ1n) is 21.7. The highest BCUT2D eigenvalue weighted by Crippen LogP contribution is 2.43. The maximum Gasteiger partial charge on any atom is 0.472 e. The van der Waals surface area contributed by atoms with Gasteiger partial charge in [0, 0.05) is 6.42 Å². The third-order valence-electron chi connectivity index (χ3n) is 9.49. The molecule has 0 radical (unpaired) electrons. The number of amides is 1. The third kappa shape index (κ3) is 36.5. The molecule has 10 nitrogen and oxygen atoms in total. The predicted octanol–water partition coefficient (Wildman–Crippen LogP) is 9.63. The van der Waals surface area contributed by atoms with Gasteiger partial charge < -0.3 is 30.0 Å². The van der Waals surface area contributed by atoms with Gasteiger partial charge in [0.05, 0.1) is 52.1 Å². The van der Waals surface area contributed by atoms with Crippen LogP contribution in [0, 0.1) is 0 Å². The minimum absolute atomic E-state index is 0.00789. The van der Waals surface area contributed by atoms with Crippen LogP contribution >= 0.6 is 7.82 Å². The Hall–Kier alpha value is -1.62. The van der Waals surface area contributed by atoms with E-state index in [-0.39, 0.29) is 19.4 Å². The van der Waals surface area contributed by atoms with Crippen LogP contribution in [-0.2, 0) is 18.4 Å². The molecule has 55 heavy (non-hydrogen) atoms. The standard InChI is InChI=1S/C44H83N2O8P/c1-6-8-10-12-14-16-18-20-21-23-24-26-28-30-33-41(47)40(39-54-55(51,52)53-38-37-46(3,4)5)45-44(50)36-32-35-43(49)42(48)34-31-29-27-25-22-19-17-15-13-11-9-7-2/h15,17,22,25,29-31,33,40-43,47-49H,6-14,16,18-21,23-24,26-28,32,34-39H2,1-5H3,(H-,45,50,51,52)/p+1/b17-15-,25-22-,31-29-,33-30+/t40-,41+,42?,43?/m0/s1. The van der Waals surface area contributed by atoms with E-state index in [1.807, 2.05) is 39.4 Å². The van der Waals surface area contributed by atoms with Gasteiger partial charge in [0.15, 0.2) is 0 Å². The quantitative estimate of drug-likeness (QED) is 0.0180. The minimum atomic E-state index is -4.42. The van der Waals surface area contributed by atoms with Crippen LogP contribution in [-0.4, -0.2) is 95.9 Å². The number of phosphoric acid groups is 1. The van der Waals surface area contributed by atoms with E-state index in [1.54, 1.807) is 6.08 Å². The van der Waals surface area contributed by atoms with Crippen LogP contribution in [0.3, 0.4) is 0 Å². The highest BCUT2D eigenvalue weighted by Gasteiger charge is 2.28. The molecule has 5 atom stereocenters. The lowest BCUT2D eigenvalue weighted by atomic mass is 10.0. The summed E-state index contributed by atoms with van der Waals surface area (Å²) in [4.78, 5) is 23.1. The number of hydrogen-bond donors (Lipinski definition) is 5. The van der Waals surface area contributed by atoms with Crippen LogP contribution in [0.1, 0.15) is 162 Å². The van der Waals surface area contributed by atoms with Gasteiger partial charge in [-0.25, -0.2) is 4.57 Å². The van der Waals surface area contributed by atoms with Gasteiger partial charge in [0.2, 0.25) is 5.91 Å². The van der Waals surface area contributed by atoms with Gasteiger partial charge in [-0.3, -0.25) is 13.8 Å². The van der Waals surface area contributed by atoms with E-state index in [0.29, 0.717) is 23.9 Å². The van der Waals surface area contributed by atoms with Gasteiger partial charge >= 0.3 is 7.82 Å². The smallest absolute Gasteiger partial charge is 0.390 e. The fraction of sp³-hybridized carbons (Fsp3) is 0.795. The Balaban J connectivity index is 4.73. The Kier molecular flexibility index (Phi) is 34.5. The Bertz CT molecular complexity index is 1070. The number of quaternary nitrogens is 1. The predicted molar refractivity (Wildman–Crippen MR) is 229 cm³/mol. The van der Waals surface area contributed by atoms with Gasteiger partial charge in [-0.2, -0.15) is 0 Å². The zero-order valence-electron chi connectivity index (χ0n) is 35.6. The number of hydrogen-bond acceptors (Lipinski definition) is 7. The molecule has 0 aliphatic rings. The molecule has 0 bridgehead atoms. The summed E-state index contributed by atoms with van der Waals surface area (Å²) in [5.74, 6) is -0.398. The number of likely N-dealkylation sites (N-methyl/N-ethyl adjacent to an activating group) is 1. The van der Waals surface area contributed by atoms with E-state index in [2.05, 4.69) is 43.5 Å². The maximum absolute atomic E-state index is 12.9. The molecular weight excluding hydrogens is 715 g/mol. The van der Waals surface area contributed by atoms with Crippen molar-refractivity contribution in [3.63, 3.8) is 0 Å². The molecule has 0 aromatic rings. The van der Waals surface area contributed by atoms with Crippen LogP contribution in [0.4, 0.5) is 0 Å².